The predicted molar refractivity (Wildman–Crippen MR) is 115 cm³/mol. The second-order valence-corrected chi connectivity index (χ2v) is 7.23. The molecule has 0 bridgehead atoms. The monoisotopic (exact) mass is 427 g/mol. The van der Waals surface area contributed by atoms with Crippen LogP contribution in [-0.2, 0) is 0 Å². The van der Waals surface area contributed by atoms with Gasteiger partial charge in [-0.3, -0.25) is 19.1 Å². The summed E-state index contributed by atoms with van der Waals surface area (Å²) < 4.78 is 15.9. The van der Waals surface area contributed by atoms with Gasteiger partial charge < -0.3 is 5.11 Å². The number of aromatic amines is 1. The molecule has 0 aliphatic carbocycles. The molecular formula is C23H14FN5O3. The van der Waals surface area contributed by atoms with E-state index in [0.717, 1.165) is 10.7 Å². The minimum atomic E-state index is -0.681. The van der Waals surface area contributed by atoms with Crippen LogP contribution in [0.2, 0.25) is 0 Å². The minimum Gasteiger partial charge on any atom is -0.493 e. The lowest BCUT2D eigenvalue weighted by Gasteiger charge is -2.04. The van der Waals surface area contributed by atoms with E-state index in [9.17, 15) is 24.3 Å². The Balaban J connectivity index is 1.86. The number of hydrogen-bond acceptors (Lipinski definition) is 5. The van der Waals surface area contributed by atoms with Gasteiger partial charge in [0.05, 0.1) is 22.3 Å². The highest BCUT2D eigenvalue weighted by molar-refractivity contribution is 5.82. The number of halogens is 1. The quantitative estimate of drug-likeness (QED) is 0.446. The Kier molecular flexibility index (Phi) is 4.17. The Morgan fingerprint density at radius 1 is 1.19 bits per heavy atom. The number of rotatable bonds is 2. The van der Waals surface area contributed by atoms with Gasteiger partial charge in [0.2, 0.25) is 5.88 Å². The molecule has 0 aliphatic heterocycles. The average molecular weight is 427 g/mol. The molecule has 5 aromatic rings. The lowest BCUT2D eigenvalue weighted by Crippen LogP contribution is -2.34. The Hall–Kier alpha value is -4.71. The Bertz CT molecular complexity index is 1770. The zero-order valence-electron chi connectivity index (χ0n) is 16.6. The average Bonchev–Trinajstić information content (AvgIpc) is 3.29. The maximum atomic E-state index is 13.6. The number of imidazole rings is 1. The highest BCUT2D eigenvalue weighted by Crippen LogP contribution is 2.20. The van der Waals surface area contributed by atoms with Gasteiger partial charge in [0.15, 0.2) is 5.65 Å². The Labute approximate surface area is 178 Å². The molecule has 0 fully saturated rings. The molecule has 8 nitrogen and oxygen atoms in total. The number of nitrogens with zero attached hydrogens (tertiary/aromatic N) is 4. The third kappa shape index (κ3) is 2.70. The van der Waals surface area contributed by atoms with Crippen molar-refractivity contribution in [1.82, 2.24) is 19.2 Å². The number of fused-ring (bicyclic) bond motifs is 3. The van der Waals surface area contributed by atoms with Gasteiger partial charge in [-0.05, 0) is 48.9 Å². The van der Waals surface area contributed by atoms with Gasteiger partial charge in [-0.1, -0.05) is 18.2 Å². The molecule has 0 spiro atoms. The number of aromatic hydroxyl groups is 1. The highest BCUT2D eigenvalue weighted by atomic mass is 19.1. The van der Waals surface area contributed by atoms with Crippen LogP contribution in [0.4, 0.5) is 4.39 Å². The fraction of sp³-hybridized carbons (Fsp3) is 0.0435. The summed E-state index contributed by atoms with van der Waals surface area (Å²) in [6.07, 6.45) is 1.23. The summed E-state index contributed by atoms with van der Waals surface area (Å²) in [7, 11) is 0. The van der Waals surface area contributed by atoms with Crippen LogP contribution in [0.15, 0.2) is 58.1 Å². The van der Waals surface area contributed by atoms with E-state index in [0.29, 0.717) is 16.6 Å². The van der Waals surface area contributed by atoms with Crippen molar-refractivity contribution in [2.45, 2.75) is 6.92 Å². The van der Waals surface area contributed by atoms with E-state index in [1.54, 1.807) is 31.2 Å². The van der Waals surface area contributed by atoms with Crippen LogP contribution in [0, 0.1) is 24.1 Å². The Morgan fingerprint density at radius 2 is 1.97 bits per heavy atom. The predicted octanol–water partition coefficient (Wildman–Crippen LogP) is 1.90. The molecule has 0 saturated heterocycles. The molecule has 2 aromatic carbocycles. The van der Waals surface area contributed by atoms with Gasteiger partial charge >= 0.3 is 0 Å². The molecule has 2 N–H and O–H groups in total. The van der Waals surface area contributed by atoms with Crippen LogP contribution in [0.25, 0.3) is 28.4 Å². The van der Waals surface area contributed by atoms with Crippen molar-refractivity contribution < 1.29 is 9.50 Å². The first-order valence-corrected chi connectivity index (χ1v) is 9.56. The number of hydrogen-bond donors (Lipinski definition) is 2. The van der Waals surface area contributed by atoms with Crippen molar-refractivity contribution in [3.05, 3.63) is 97.0 Å². The van der Waals surface area contributed by atoms with Gasteiger partial charge in [-0.25, -0.2) is 14.1 Å². The highest BCUT2D eigenvalue weighted by Gasteiger charge is 2.18. The molecule has 0 amide bonds. The number of nitrogens with one attached hydrogen (secondary N) is 1. The van der Waals surface area contributed by atoms with Gasteiger partial charge in [-0.2, -0.15) is 5.26 Å². The van der Waals surface area contributed by atoms with Gasteiger partial charge in [0, 0.05) is 5.22 Å². The Morgan fingerprint density at radius 3 is 2.72 bits per heavy atom. The largest absolute Gasteiger partial charge is 0.493 e. The molecule has 3 aromatic heterocycles. The summed E-state index contributed by atoms with van der Waals surface area (Å²) in [6.45, 7) is 1.58. The SMILES string of the molecule is Cc1c(C#N)c2nc3ccccc3n2c(=O)/c1=C/c1c(O)n(-c2cccc(F)c2)[nH]c1=O. The first-order valence-electron chi connectivity index (χ1n) is 9.56. The van der Waals surface area contributed by atoms with E-state index in [-0.39, 0.29) is 27.7 Å². The van der Waals surface area contributed by atoms with Crippen molar-refractivity contribution in [3.63, 3.8) is 0 Å². The molecule has 0 radical (unpaired) electrons. The molecule has 0 unspecified atom stereocenters. The zero-order valence-corrected chi connectivity index (χ0v) is 16.6. The van der Waals surface area contributed by atoms with E-state index in [1.165, 1.54) is 28.7 Å². The van der Waals surface area contributed by atoms with Crippen molar-refractivity contribution in [3.8, 4) is 17.6 Å². The van der Waals surface area contributed by atoms with Crippen molar-refractivity contribution in [2.24, 2.45) is 0 Å². The smallest absolute Gasteiger partial charge is 0.275 e. The van der Waals surface area contributed by atoms with E-state index >= 15 is 0 Å². The summed E-state index contributed by atoms with van der Waals surface area (Å²) in [5.74, 6) is -1.04. The molecule has 0 saturated carbocycles. The summed E-state index contributed by atoms with van der Waals surface area (Å²) in [4.78, 5) is 30.4. The third-order valence-corrected chi connectivity index (χ3v) is 5.37. The van der Waals surface area contributed by atoms with Crippen LogP contribution in [-0.4, -0.2) is 24.3 Å². The number of H-pyrrole nitrogens is 1. The lowest BCUT2D eigenvalue weighted by molar-refractivity contribution is 0.432. The third-order valence-electron chi connectivity index (χ3n) is 5.37. The van der Waals surface area contributed by atoms with E-state index < -0.39 is 22.8 Å². The van der Waals surface area contributed by atoms with Gasteiger partial charge in [0.25, 0.3) is 11.1 Å². The molecule has 3 heterocycles. The summed E-state index contributed by atoms with van der Waals surface area (Å²) in [5, 5.41) is 22.9. The van der Waals surface area contributed by atoms with E-state index in [1.807, 2.05) is 0 Å². The standard InChI is InChI=1S/C23H14FN5O3/c1-12-15(10-16-21(30)27-29(23(16)32)14-6-4-5-13(24)9-14)22(31)28-19-8-3-2-7-18(19)26-20(28)17(12)11-25/h2-10,32H,1H3,(H,27,30)/b15-10+. The summed E-state index contributed by atoms with van der Waals surface area (Å²) >= 11 is 0. The first kappa shape index (κ1) is 19.3. The van der Waals surface area contributed by atoms with Crippen molar-refractivity contribution in [2.75, 3.05) is 0 Å². The molecule has 9 heteroatoms. The molecule has 0 aliphatic rings. The maximum Gasteiger partial charge on any atom is 0.275 e. The number of aromatic nitrogens is 4. The minimum absolute atomic E-state index is 0.0648. The van der Waals surface area contributed by atoms with Crippen LogP contribution < -0.4 is 16.3 Å². The van der Waals surface area contributed by atoms with Crippen LogP contribution in [0.5, 0.6) is 5.88 Å². The summed E-state index contributed by atoms with van der Waals surface area (Å²) in [6, 6.07) is 14.4. The topological polar surface area (TPSA) is 116 Å². The molecular weight excluding hydrogens is 413 g/mol. The van der Waals surface area contributed by atoms with E-state index in [2.05, 4.69) is 16.2 Å². The first-order chi connectivity index (χ1) is 15.4. The van der Waals surface area contributed by atoms with Gasteiger partial charge in [-0.15, -0.1) is 0 Å². The second kappa shape index (κ2) is 6.92. The van der Waals surface area contributed by atoms with Crippen LogP contribution in [0.3, 0.4) is 0 Å². The van der Waals surface area contributed by atoms with Crippen LogP contribution in [0.1, 0.15) is 16.7 Å². The van der Waals surface area contributed by atoms with Crippen LogP contribution >= 0.6 is 0 Å². The second-order valence-electron chi connectivity index (χ2n) is 7.23. The van der Waals surface area contributed by atoms with Gasteiger partial charge in [0.1, 0.15) is 17.4 Å². The fourth-order valence-corrected chi connectivity index (χ4v) is 3.80. The van der Waals surface area contributed by atoms with Crippen molar-refractivity contribution in [1.29, 1.82) is 5.26 Å². The fourth-order valence-electron chi connectivity index (χ4n) is 3.80. The van der Waals surface area contributed by atoms with Crippen molar-refractivity contribution >= 4 is 22.8 Å². The number of nitriles is 1. The number of pyridine rings is 1. The molecule has 32 heavy (non-hydrogen) atoms. The number of para-hydroxylation sites is 2. The summed E-state index contributed by atoms with van der Waals surface area (Å²) in [5.41, 5.74) is 0.662. The zero-order chi connectivity index (χ0) is 22.6. The molecule has 5 rings (SSSR count). The number of benzene rings is 2. The lowest BCUT2D eigenvalue weighted by atomic mass is 10.1. The normalized spacial score (nSPS) is 12.0. The molecule has 0 atom stereocenters. The van der Waals surface area contributed by atoms with E-state index in [4.69, 9.17) is 0 Å². The maximum absolute atomic E-state index is 13.6. The molecule has 156 valence electrons.